The fraction of sp³-hybridized carbons (Fsp3) is 0.294. The van der Waals surface area contributed by atoms with E-state index in [1.54, 1.807) is 11.3 Å². The zero-order valence-electron chi connectivity index (χ0n) is 12.7. The van der Waals surface area contributed by atoms with Crippen LogP contribution in [0.15, 0.2) is 28.7 Å². The number of carbonyl (C=O) groups is 2. The molecule has 2 aromatic rings. The molecule has 120 valence electrons. The zero-order valence-corrected chi connectivity index (χ0v) is 15.1. The number of benzene rings is 1. The van der Waals surface area contributed by atoms with Crippen LogP contribution in [0.25, 0.3) is 0 Å². The van der Waals surface area contributed by atoms with Crippen LogP contribution in [0.5, 0.6) is 0 Å². The van der Waals surface area contributed by atoms with Crippen molar-refractivity contribution in [1.29, 1.82) is 0 Å². The minimum atomic E-state index is -0.229. The predicted molar refractivity (Wildman–Crippen MR) is 96.2 cm³/mol. The zero-order chi connectivity index (χ0) is 16.4. The molecule has 1 aromatic heterocycles. The number of carbonyl (C=O) groups excluding carboxylic acids is 2. The summed E-state index contributed by atoms with van der Waals surface area (Å²) in [5, 5.41) is 5.50. The van der Waals surface area contributed by atoms with Crippen LogP contribution in [0.2, 0.25) is 0 Å². The molecular formula is C17H17BrN2O2S. The lowest BCUT2D eigenvalue weighted by molar-refractivity contribution is -0.115. The summed E-state index contributed by atoms with van der Waals surface area (Å²) in [5.74, 6) is -0.403. The molecular weight excluding hydrogens is 376 g/mol. The van der Waals surface area contributed by atoms with E-state index in [0.29, 0.717) is 4.88 Å². The fourth-order valence-electron chi connectivity index (χ4n) is 2.65. The van der Waals surface area contributed by atoms with E-state index in [1.165, 1.54) is 16.9 Å². The Hall–Kier alpha value is -1.66. The van der Waals surface area contributed by atoms with Gasteiger partial charge in [-0.05, 0) is 61.6 Å². The van der Waals surface area contributed by atoms with Crippen molar-refractivity contribution in [2.45, 2.75) is 26.2 Å². The van der Waals surface area contributed by atoms with Crippen molar-refractivity contribution in [3.8, 4) is 0 Å². The molecule has 1 heterocycles. The van der Waals surface area contributed by atoms with Crippen LogP contribution in [-0.4, -0.2) is 18.4 Å². The second-order valence-electron chi connectivity index (χ2n) is 5.60. The fourth-order valence-corrected chi connectivity index (χ4v) is 4.30. The molecule has 0 fully saturated rings. The van der Waals surface area contributed by atoms with Gasteiger partial charge in [0.05, 0.1) is 11.4 Å². The maximum atomic E-state index is 12.1. The highest BCUT2D eigenvalue weighted by molar-refractivity contribution is 9.10. The second kappa shape index (κ2) is 6.84. The van der Waals surface area contributed by atoms with E-state index in [9.17, 15) is 9.59 Å². The monoisotopic (exact) mass is 392 g/mol. The molecule has 0 saturated heterocycles. The molecule has 0 bridgehead atoms. The van der Waals surface area contributed by atoms with Gasteiger partial charge in [-0.3, -0.25) is 9.59 Å². The topological polar surface area (TPSA) is 58.2 Å². The van der Waals surface area contributed by atoms with Crippen molar-refractivity contribution in [2.24, 2.45) is 0 Å². The average molecular weight is 393 g/mol. The number of fused-ring (bicyclic) bond motifs is 1. The van der Waals surface area contributed by atoms with Crippen molar-refractivity contribution in [3.63, 3.8) is 0 Å². The van der Waals surface area contributed by atoms with E-state index >= 15 is 0 Å². The van der Waals surface area contributed by atoms with Gasteiger partial charge in [-0.25, -0.2) is 0 Å². The molecule has 0 radical (unpaired) electrons. The molecule has 0 atom stereocenters. The molecule has 23 heavy (non-hydrogen) atoms. The van der Waals surface area contributed by atoms with E-state index in [2.05, 4.69) is 26.6 Å². The van der Waals surface area contributed by atoms with Gasteiger partial charge < -0.3 is 10.6 Å². The summed E-state index contributed by atoms with van der Waals surface area (Å²) >= 11 is 4.93. The molecule has 0 aliphatic heterocycles. The number of anilines is 1. The van der Waals surface area contributed by atoms with Gasteiger partial charge >= 0.3 is 0 Å². The van der Waals surface area contributed by atoms with Crippen LogP contribution < -0.4 is 10.6 Å². The molecule has 0 unspecified atom stereocenters. The SMILES string of the molecule is Cc1cc(Br)ccc1NC(=O)CNC(=O)c1cc2c(s1)CCC2. The van der Waals surface area contributed by atoms with Crippen molar-refractivity contribution in [1.82, 2.24) is 5.32 Å². The van der Waals surface area contributed by atoms with Gasteiger partial charge in [-0.15, -0.1) is 11.3 Å². The number of nitrogens with one attached hydrogen (secondary N) is 2. The van der Waals surface area contributed by atoms with Gasteiger partial charge in [0.15, 0.2) is 0 Å². The van der Waals surface area contributed by atoms with Crippen molar-refractivity contribution in [2.75, 3.05) is 11.9 Å². The maximum absolute atomic E-state index is 12.1. The second-order valence-corrected chi connectivity index (χ2v) is 7.66. The molecule has 2 amide bonds. The third kappa shape index (κ3) is 3.82. The summed E-state index contributed by atoms with van der Waals surface area (Å²) in [6.07, 6.45) is 3.30. The van der Waals surface area contributed by atoms with Crippen molar-refractivity contribution in [3.05, 3.63) is 49.6 Å². The normalized spacial score (nSPS) is 12.8. The Morgan fingerprint density at radius 3 is 2.83 bits per heavy atom. The lowest BCUT2D eigenvalue weighted by atomic mass is 10.2. The predicted octanol–water partition coefficient (Wildman–Crippen LogP) is 3.68. The molecule has 0 spiro atoms. The molecule has 2 N–H and O–H groups in total. The van der Waals surface area contributed by atoms with Gasteiger partial charge in [0.25, 0.3) is 5.91 Å². The number of aryl methyl sites for hydroxylation is 3. The van der Waals surface area contributed by atoms with E-state index < -0.39 is 0 Å². The summed E-state index contributed by atoms with van der Waals surface area (Å²) in [7, 11) is 0. The number of amides is 2. The van der Waals surface area contributed by atoms with E-state index in [0.717, 1.165) is 28.6 Å². The van der Waals surface area contributed by atoms with Crippen LogP contribution in [0.4, 0.5) is 5.69 Å². The maximum Gasteiger partial charge on any atom is 0.261 e. The summed E-state index contributed by atoms with van der Waals surface area (Å²) < 4.78 is 0.965. The lowest BCUT2D eigenvalue weighted by Gasteiger charge is -2.09. The summed E-state index contributed by atoms with van der Waals surface area (Å²) in [5.41, 5.74) is 3.01. The van der Waals surface area contributed by atoms with E-state index in [1.807, 2.05) is 31.2 Å². The Morgan fingerprint density at radius 1 is 1.26 bits per heavy atom. The Morgan fingerprint density at radius 2 is 2.09 bits per heavy atom. The first-order chi connectivity index (χ1) is 11.0. The van der Waals surface area contributed by atoms with Gasteiger partial charge in [-0.1, -0.05) is 15.9 Å². The largest absolute Gasteiger partial charge is 0.342 e. The smallest absolute Gasteiger partial charge is 0.261 e. The average Bonchev–Trinajstić information content (AvgIpc) is 3.09. The van der Waals surface area contributed by atoms with Crippen LogP contribution in [-0.2, 0) is 17.6 Å². The molecule has 6 heteroatoms. The van der Waals surface area contributed by atoms with Crippen LogP contribution >= 0.6 is 27.3 Å². The number of halogens is 1. The molecule has 1 aromatic carbocycles. The van der Waals surface area contributed by atoms with Gasteiger partial charge in [0.1, 0.15) is 0 Å². The van der Waals surface area contributed by atoms with Crippen LogP contribution in [0.1, 0.15) is 32.1 Å². The third-order valence-corrected chi connectivity index (χ3v) is 5.57. The highest BCUT2D eigenvalue weighted by Gasteiger charge is 2.18. The van der Waals surface area contributed by atoms with E-state index in [4.69, 9.17) is 0 Å². The number of rotatable bonds is 4. The Kier molecular flexibility index (Phi) is 4.82. The molecule has 1 aliphatic rings. The first-order valence-electron chi connectivity index (χ1n) is 7.49. The Balaban J connectivity index is 1.54. The molecule has 4 nitrogen and oxygen atoms in total. The van der Waals surface area contributed by atoms with Crippen LogP contribution in [0.3, 0.4) is 0 Å². The summed E-state index contributed by atoms with van der Waals surface area (Å²) in [6, 6.07) is 7.60. The highest BCUT2D eigenvalue weighted by atomic mass is 79.9. The third-order valence-electron chi connectivity index (χ3n) is 3.84. The van der Waals surface area contributed by atoms with Gasteiger partial charge in [0, 0.05) is 15.0 Å². The van der Waals surface area contributed by atoms with Crippen molar-refractivity contribution >= 4 is 44.8 Å². The minimum Gasteiger partial charge on any atom is -0.342 e. The minimum absolute atomic E-state index is 0.0308. The number of hydrogen-bond acceptors (Lipinski definition) is 3. The molecule has 1 aliphatic carbocycles. The van der Waals surface area contributed by atoms with Crippen molar-refractivity contribution < 1.29 is 9.59 Å². The Labute approximate surface area is 147 Å². The lowest BCUT2D eigenvalue weighted by Crippen LogP contribution is -2.32. The van der Waals surface area contributed by atoms with Crippen LogP contribution in [0, 0.1) is 6.92 Å². The quantitative estimate of drug-likeness (QED) is 0.833. The standard InChI is InChI=1S/C17H17BrN2O2S/c1-10-7-12(18)5-6-13(10)20-16(21)9-19-17(22)15-8-11-3-2-4-14(11)23-15/h5-8H,2-4,9H2,1H3,(H,19,22)(H,20,21). The van der Waals surface area contributed by atoms with Gasteiger partial charge in [-0.2, -0.15) is 0 Å². The molecule has 3 rings (SSSR count). The summed E-state index contributed by atoms with van der Waals surface area (Å²) in [4.78, 5) is 26.1. The first-order valence-corrected chi connectivity index (χ1v) is 9.09. The molecule has 0 saturated carbocycles. The number of hydrogen-bond donors (Lipinski definition) is 2. The highest BCUT2D eigenvalue weighted by Crippen LogP contribution is 2.30. The Bertz CT molecular complexity index is 748. The van der Waals surface area contributed by atoms with Gasteiger partial charge in [0.2, 0.25) is 5.91 Å². The first kappa shape index (κ1) is 16.2. The van der Waals surface area contributed by atoms with E-state index in [-0.39, 0.29) is 18.4 Å². The number of thiophene rings is 1. The summed E-state index contributed by atoms with van der Waals surface area (Å²) in [6.45, 7) is 1.89.